The molecule has 0 amide bonds. The molecule has 8 heteroatoms. The van der Waals surface area contributed by atoms with E-state index in [1.54, 1.807) is 6.07 Å². The molecule has 106 valence electrons. The van der Waals surface area contributed by atoms with Crippen LogP contribution < -0.4 is 10.5 Å². The highest BCUT2D eigenvalue weighted by atomic mass is 32.2. The first-order valence-electron chi connectivity index (χ1n) is 5.49. The molecule has 0 aliphatic carbocycles. The van der Waals surface area contributed by atoms with Gasteiger partial charge in [0.05, 0.1) is 10.6 Å². The smallest absolute Gasteiger partial charge is 0.271 e. The first-order chi connectivity index (χ1) is 9.31. The number of benzene rings is 1. The Morgan fingerprint density at radius 2 is 2.05 bits per heavy atom. The first-order valence-corrected chi connectivity index (χ1v) is 8.19. The minimum absolute atomic E-state index is 0.0731. The molecule has 1 aromatic heterocycles. The maximum Gasteiger partial charge on any atom is 0.271 e. The van der Waals surface area contributed by atoms with Crippen LogP contribution in [0.15, 0.2) is 34.5 Å². The van der Waals surface area contributed by atoms with Gasteiger partial charge in [0.25, 0.3) is 10.0 Å². The van der Waals surface area contributed by atoms with E-state index in [1.165, 1.54) is 31.2 Å². The minimum Gasteiger partial charge on any atom is -0.389 e. The van der Waals surface area contributed by atoms with Crippen molar-refractivity contribution in [3.8, 4) is 0 Å². The van der Waals surface area contributed by atoms with Gasteiger partial charge >= 0.3 is 0 Å². The van der Waals surface area contributed by atoms with E-state index in [1.807, 2.05) is 0 Å². The highest BCUT2D eigenvalue weighted by molar-refractivity contribution is 7.94. The van der Waals surface area contributed by atoms with Gasteiger partial charge in [0.2, 0.25) is 0 Å². The topological polar surface area (TPSA) is 72.2 Å². The molecule has 0 bridgehead atoms. The van der Waals surface area contributed by atoms with Gasteiger partial charge in [-0.1, -0.05) is 18.3 Å². The fourth-order valence-electron chi connectivity index (χ4n) is 1.51. The molecule has 3 N–H and O–H groups in total. The van der Waals surface area contributed by atoms with E-state index in [0.717, 1.165) is 11.3 Å². The van der Waals surface area contributed by atoms with Crippen LogP contribution in [0.4, 0.5) is 10.1 Å². The number of thiocarbonyl (C=S) groups is 1. The van der Waals surface area contributed by atoms with Gasteiger partial charge in [-0.3, -0.25) is 4.72 Å². The second-order valence-electron chi connectivity index (χ2n) is 4.00. The van der Waals surface area contributed by atoms with Crippen molar-refractivity contribution in [1.29, 1.82) is 0 Å². The second kappa shape index (κ2) is 5.47. The van der Waals surface area contributed by atoms with Crippen LogP contribution >= 0.6 is 23.6 Å². The molecule has 0 atom stereocenters. The van der Waals surface area contributed by atoms with Crippen molar-refractivity contribution in [3.05, 3.63) is 46.6 Å². The predicted molar refractivity (Wildman–Crippen MR) is 82.2 cm³/mol. The largest absolute Gasteiger partial charge is 0.389 e. The third-order valence-electron chi connectivity index (χ3n) is 2.60. The highest BCUT2D eigenvalue weighted by Crippen LogP contribution is 2.26. The Labute approximate surface area is 125 Å². The van der Waals surface area contributed by atoms with Crippen molar-refractivity contribution in [3.63, 3.8) is 0 Å². The molecule has 0 aliphatic rings. The lowest BCUT2D eigenvalue weighted by Gasteiger charge is -2.09. The molecule has 0 radical (unpaired) electrons. The zero-order chi connectivity index (χ0) is 14.9. The molecule has 0 spiro atoms. The molecule has 0 saturated heterocycles. The van der Waals surface area contributed by atoms with Crippen LogP contribution in [0.2, 0.25) is 0 Å². The molecule has 2 aromatic rings. The van der Waals surface area contributed by atoms with Crippen LogP contribution in [0.25, 0.3) is 0 Å². The lowest BCUT2D eigenvalue weighted by Crippen LogP contribution is -2.13. The van der Waals surface area contributed by atoms with E-state index < -0.39 is 15.8 Å². The van der Waals surface area contributed by atoms with Crippen LogP contribution in [0.1, 0.15) is 10.4 Å². The van der Waals surface area contributed by atoms with Gasteiger partial charge in [-0.25, -0.2) is 12.8 Å². The third-order valence-corrected chi connectivity index (χ3v) is 5.93. The Morgan fingerprint density at radius 3 is 2.65 bits per heavy atom. The summed E-state index contributed by atoms with van der Waals surface area (Å²) in [5.74, 6) is -0.472. The summed E-state index contributed by atoms with van der Waals surface area (Å²) in [5, 5.41) is 0. The standard InChI is InChI=1S/C12H11FN2O2S3/c1-7-8(13)3-2-4-9(7)15-20(16,17)11-6-5-10(19-11)12(14)18/h2-6,15H,1H3,(H2,14,18). The monoisotopic (exact) mass is 330 g/mol. The van der Waals surface area contributed by atoms with E-state index in [4.69, 9.17) is 18.0 Å². The molecule has 0 fully saturated rings. The number of anilines is 1. The quantitative estimate of drug-likeness (QED) is 0.845. The molecule has 0 aliphatic heterocycles. The van der Waals surface area contributed by atoms with Crippen molar-refractivity contribution in [2.45, 2.75) is 11.1 Å². The summed E-state index contributed by atoms with van der Waals surface area (Å²) in [5.41, 5.74) is 5.89. The molecule has 1 aromatic carbocycles. The zero-order valence-corrected chi connectivity index (χ0v) is 12.8. The van der Waals surface area contributed by atoms with Gasteiger partial charge in [-0.15, -0.1) is 11.3 Å². The average molecular weight is 330 g/mol. The molecular formula is C12H11FN2O2S3. The summed E-state index contributed by atoms with van der Waals surface area (Å²) in [4.78, 5) is 0.648. The molecule has 0 unspecified atom stereocenters. The number of hydrogen-bond donors (Lipinski definition) is 2. The van der Waals surface area contributed by atoms with Crippen LogP contribution in [-0.4, -0.2) is 13.4 Å². The summed E-state index contributed by atoms with van der Waals surface area (Å²) in [6.07, 6.45) is 0. The molecule has 20 heavy (non-hydrogen) atoms. The molecule has 4 nitrogen and oxygen atoms in total. The Bertz CT molecular complexity index is 769. The highest BCUT2D eigenvalue weighted by Gasteiger charge is 2.19. The van der Waals surface area contributed by atoms with Crippen molar-refractivity contribution in [1.82, 2.24) is 0 Å². The summed E-state index contributed by atoms with van der Waals surface area (Å²) < 4.78 is 40.2. The minimum atomic E-state index is -3.78. The summed E-state index contributed by atoms with van der Waals surface area (Å²) in [7, 11) is -3.78. The van der Waals surface area contributed by atoms with Crippen LogP contribution in [-0.2, 0) is 10.0 Å². The lowest BCUT2D eigenvalue weighted by molar-refractivity contribution is 0.602. The lowest BCUT2D eigenvalue weighted by atomic mass is 10.2. The molecule has 2 rings (SSSR count). The molecule has 1 heterocycles. The van der Waals surface area contributed by atoms with Gasteiger partial charge in [0, 0.05) is 5.56 Å². The van der Waals surface area contributed by atoms with E-state index in [9.17, 15) is 12.8 Å². The van der Waals surface area contributed by atoms with Gasteiger partial charge in [0.15, 0.2) is 0 Å². The maximum atomic E-state index is 13.4. The van der Waals surface area contributed by atoms with Gasteiger partial charge in [-0.05, 0) is 31.2 Å². The maximum absolute atomic E-state index is 13.4. The van der Waals surface area contributed by atoms with Crippen LogP contribution in [0.3, 0.4) is 0 Å². The molecule has 0 saturated carbocycles. The number of sulfonamides is 1. The van der Waals surface area contributed by atoms with Crippen molar-refractivity contribution in [2.24, 2.45) is 5.73 Å². The fourth-order valence-corrected chi connectivity index (χ4v) is 3.98. The summed E-state index contributed by atoms with van der Waals surface area (Å²) >= 11 is 5.76. The number of thiophene rings is 1. The SMILES string of the molecule is Cc1c(F)cccc1NS(=O)(=O)c1ccc(C(N)=S)s1. The summed E-state index contributed by atoms with van der Waals surface area (Å²) in [6.45, 7) is 1.50. The Kier molecular flexibility index (Phi) is 4.07. The van der Waals surface area contributed by atoms with Crippen molar-refractivity contribution >= 4 is 44.3 Å². The molecular weight excluding hydrogens is 319 g/mol. The van der Waals surface area contributed by atoms with Crippen molar-refractivity contribution in [2.75, 3.05) is 4.72 Å². The van der Waals surface area contributed by atoms with Crippen LogP contribution in [0, 0.1) is 12.7 Å². The number of rotatable bonds is 4. The average Bonchev–Trinajstić information content (AvgIpc) is 2.85. The fraction of sp³-hybridized carbons (Fsp3) is 0.0833. The first kappa shape index (κ1) is 14.9. The Morgan fingerprint density at radius 1 is 1.35 bits per heavy atom. The van der Waals surface area contributed by atoms with Crippen LogP contribution in [0.5, 0.6) is 0 Å². The number of hydrogen-bond acceptors (Lipinski definition) is 4. The van der Waals surface area contributed by atoms with E-state index in [0.29, 0.717) is 4.88 Å². The Hall–Kier alpha value is -1.51. The number of halogens is 1. The second-order valence-corrected chi connectivity index (χ2v) is 7.43. The third kappa shape index (κ3) is 2.97. The van der Waals surface area contributed by atoms with Gasteiger partial charge in [-0.2, -0.15) is 0 Å². The van der Waals surface area contributed by atoms with E-state index >= 15 is 0 Å². The number of nitrogens with two attached hydrogens (primary N) is 1. The van der Waals surface area contributed by atoms with E-state index in [2.05, 4.69) is 4.72 Å². The normalized spacial score (nSPS) is 11.3. The zero-order valence-electron chi connectivity index (χ0n) is 10.4. The van der Waals surface area contributed by atoms with E-state index in [-0.39, 0.29) is 20.4 Å². The Balaban J connectivity index is 2.35. The van der Waals surface area contributed by atoms with Gasteiger partial charge in [0.1, 0.15) is 15.0 Å². The van der Waals surface area contributed by atoms with Gasteiger partial charge < -0.3 is 5.73 Å². The number of nitrogens with one attached hydrogen (secondary N) is 1. The predicted octanol–water partition coefficient (Wildman–Crippen LogP) is 2.63. The summed E-state index contributed by atoms with van der Waals surface area (Å²) in [6, 6.07) is 7.16. The van der Waals surface area contributed by atoms with Crippen molar-refractivity contribution < 1.29 is 12.8 Å².